The Kier molecular flexibility index (Phi) is 10.3. The first-order valence-corrected chi connectivity index (χ1v) is 18.2. The lowest BCUT2D eigenvalue weighted by atomic mass is 9.77. The van der Waals surface area contributed by atoms with E-state index in [1.54, 1.807) is 20.4 Å². The monoisotopic (exact) mass is 731 g/mol. The van der Waals surface area contributed by atoms with Gasteiger partial charge in [-0.1, -0.05) is 115 Å². The summed E-state index contributed by atoms with van der Waals surface area (Å²) in [5.41, 5.74) is 4.06. The summed E-state index contributed by atoms with van der Waals surface area (Å²) in [6, 6.07) is 49.0. The number of fused-ring (bicyclic) bond motifs is 1. The third kappa shape index (κ3) is 7.21. The third-order valence-corrected chi connectivity index (χ3v) is 9.88. The number of hydrogen-bond donors (Lipinski definition) is 1. The Hall–Kier alpha value is -6.61. The Morgan fingerprint density at radius 3 is 1.49 bits per heavy atom. The molecule has 5 aromatic carbocycles. The van der Waals surface area contributed by atoms with Crippen LogP contribution < -0.4 is 19.3 Å². The average molecular weight is 732 g/mol. The van der Waals surface area contributed by atoms with Crippen LogP contribution in [0.2, 0.25) is 0 Å². The molecule has 9 heteroatoms. The number of rotatable bonds is 12. The van der Waals surface area contributed by atoms with Crippen LogP contribution in [0.25, 0.3) is 10.9 Å². The van der Waals surface area contributed by atoms with E-state index in [1.807, 2.05) is 106 Å². The molecule has 0 atom stereocenters. The van der Waals surface area contributed by atoms with Gasteiger partial charge in [0.05, 0.1) is 25.1 Å². The maximum absolute atomic E-state index is 12.9. The molecule has 0 fully saturated rings. The summed E-state index contributed by atoms with van der Waals surface area (Å²) >= 11 is 0. The molecule has 278 valence electrons. The van der Waals surface area contributed by atoms with Crippen LogP contribution in [-0.2, 0) is 18.6 Å². The first kappa shape index (κ1) is 36.7. The highest BCUT2D eigenvalue weighted by molar-refractivity contribution is 5.95. The second kappa shape index (κ2) is 15.4. The Bertz CT molecular complexity index is 2210. The number of carboxylic acid groups (broad SMARTS) is 1. The first-order valence-electron chi connectivity index (χ1n) is 18.2. The van der Waals surface area contributed by atoms with Crippen LogP contribution >= 0.6 is 0 Å². The van der Waals surface area contributed by atoms with Crippen LogP contribution in [0, 0.1) is 0 Å². The highest BCUT2D eigenvalue weighted by Crippen LogP contribution is 2.45. The third-order valence-electron chi connectivity index (χ3n) is 9.88. The summed E-state index contributed by atoms with van der Waals surface area (Å²) < 4.78 is 13.0. The van der Waals surface area contributed by atoms with Gasteiger partial charge < -0.3 is 19.5 Å². The molecule has 0 saturated heterocycles. The largest absolute Gasteiger partial charge is 0.497 e. The molecule has 1 N–H and O–H groups in total. The van der Waals surface area contributed by atoms with E-state index >= 15 is 0 Å². The number of ether oxygens (including phenoxy) is 2. The number of hydrogen-bond acceptors (Lipinski definition) is 6. The van der Waals surface area contributed by atoms with E-state index in [2.05, 4.69) is 70.2 Å². The lowest BCUT2D eigenvalue weighted by Gasteiger charge is -2.37. The van der Waals surface area contributed by atoms with Crippen LogP contribution in [0.15, 0.2) is 152 Å². The topological polar surface area (TPSA) is 93.0 Å². The van der Waals surface area contributed by atoms with E-state index in [1.165, 1.54) is 4.90 Å². The molecule has 0 aliphatic rings. The van der Waals surface area contributed by atoms with Crippen LogP contribution in [0.5, 0.6) is 11.5 Å². The molecule has 2 heterocycles. The minimum absolute atomic E-state index is 0.306. The first-order chi connectivity index (χ1) is 26.6. The second-order valence-electron chi connectivity index (χ2n) is 14.4. The Morgan fingerprint density at radius 2 is 1.11 bits per heavy atom. The summed E-state index contributed by atoms with van der Waals surface area (Å²) in [5.74, 6) is 2.56. The molecule has 0 saturated carbocycles. The Labute approximate surface area is 322 Å². The normalized spacial score (nSPS) is 11.7. The van der Waals surface area contributed by atoms with Crippen LogP contribution in [0.4, 0.5) is 16.4 Å². The molecule has 0 aliphatic heterocycles. The number of amides is 1. The predicted octanol–water partition coefficient (Wildman–Crippen LogP) is 9.78. The molecule has 55 heavy (non-hydrogen) atoms. The number of methoxy groups -OCH3 is 2. The fraction of sp³-hybridized carbons (Fsp3) is 0.196. The fourth-order valence-electron chi connectivity index (χ4n) is 7.34. The molecule has 0 unspecified atom stereocenters. The molecule has 7 aromatic rings. The van der Waals surface area contributed by atoms with Gasteiger partial charge in [0.2, 0.25) is 0 Å². The van der Waals surface area contributed by atoms with Gasteiger partial charge in [-0.2, -0.15) is 5.10 Å². The molecule has 0 spiro atoms. The zero-order valence-electron chi connectivity index (χ0n) is 31.8. The number of aromatic nitrogens is 3. The van der Waals surface area contributed by atoms with Crippen molar-refractivity contribution >= 4 is 28.6 Å². The Morgan fingerprint density at radius 1 is 0.673 bits per heavy atom. The number of pyridine rings is 1. The quantitative estimate of drug-likeness (QED) is 0.125. The molecule has 0 aliphatic carbocycles. The maximum Gasteiger partial charge on any atom is 0.413 e. The van der Waals surface area contributed by atoms with Crippen LogP contribution in [0.1, 0.15) is 48.6 Å². The van der Waals surface area contributed by atoms with Crippen molar-refractivity contribution in [3.8, 4) is 11.5 Å². The van der Waals surface area contributed by atoms with Crippen molar-refractivity contribution in [3.05, 3.63) is 180 Å². The molecular formula is C46H45N5O4. The van der Waals surface area contributed by atoms with Crippen LogP contribution in [0.3, 0.4) is 0 Å². The number of nitrogens with zero attached hydrogens (tertiary/aromatic N) is 5. The minimum atomic E-state index is -1.09. The number of anilines is 2. The van der Waals surface area contributed by atoms with Gasteiger partial charge in [-0.3, -0.25) is 4.90 Å². The Balaban J connectivity index is 1.57. The van der Waals surface area contributed by atoms with Gasteiger partial charge in [-0.15, -0.1) is 0 Å². The summed E-state index contributed by atoms with van der Waals surface area (Å²) in [6.45, 7) is 6.63. The van der Waals surface area contributed by atoms with Gasteiger partial charge in [-0.05, 0) is 72.9 Å². The van der Waals surface area contributed by atoms with Crippen molar-refractivity contribution in [2.75, 3.05) is 24.0 Å². The molecule has 0 radical (unpaired) electrons. The van der Waals surface area contributed by atoms with Gasteiger partial charge >= 0.3 is 6.09 Å². The van der Waals surface area contributed by atoms with Crippen LogP contribution in [-0.4, -0.2) is 45.7 Å². The van der Waals surface area contributed by atoms with Gasteiger partial charge in [0.25, 0.3) is 0 Å². The van der Waals surface area contributed by atoms with Crippen molar-refractivity contribution in [2.45, 2.75) is 44.9 Å². The molecular weight excluding hydrogens is 687 g/mol. The highest BCUT2D eigenvalue weighted by Gasteiger charge is 2.42. The lowest BCUT2D eigenvalue weighted by molar-refractivity contribution is 0.195. The molecule has 7 rings (SSSR count). The van der Waals surface area contributed by atoms with Gasteiger partial charge in [0, 0.05) is 30.9 Å². The van der Waals surface area contributed by atoms with Gasteiger partial charge in [0.1, 0.15) is 22.9 Å². The summed E-state index contributed by atoms with van der Waals surface area (Å²) in [4.78, 5) is 21.3. The summed E-state index contributed by atoms with van der Waals surface area (Å²) in [7, 11) is 3.32. The highest BCUT2D eigenvalue weighted by atomic mass is 16.5. The zero-order chi connectivity index (χ0) is 38.6. The van der Waals surface area contributed by atoms with Crippen molar-refractivity contribution in [1.29, 1.82) is 0 Å². The molecule has 1 amide bonds. The van der Waals surface area contributed by atoms with E-state index in [-0.39, 0.29) is 0 Å². The van der Waals surface area contributed by atoms with E-state index in [9.17, 15) is 9.90 Å². The van der Waals surface area contributed by atoms with E-state index in [0.717, 1.165) is 50.2 Å². The molecule has 0 bridgehead atoms. The summed E-state index contributed by atoms with van der Waals surface area (Å²) in [6.07, 6.45) is 0.679. The fourth-order valence-corrected chi connectivity index (χ4v) is 7.34. The molecule has 2 aromatic heterocycles. The summed E-state index contributed by atoms with van der Waals surface area (Å²) in [5, 5.41) is 17.0. The van der Waals surface area contributed by atoms with E-state index in [4.69, 9.17) is 19.6 Å². The lowest BCUT2D eigenvalue weighted by Crippen LogP contribution is -2.45. The molecule has 9 nitrogen and oxygen atoms in total. The van der Waals surface area contributed by atoms with E-state index < -0.39 is 17.2 Å². The van der Waals surface area contributed by atoms with Gasteiger partial charge in [-0.25, -0.2) is 14.5 Å². The van der Waals surface area contributed by atoms with Gasteiger partial charge in [0.15, 0.2) is 5.82 Å². The van der Waals surface area contributed by atoms with Crippen molar-refractivity contribution in [3.63, 3.8) is 0 Å². The average Bonchev–Trinajstić information content (AvgIpc) is 3.58. The standard InChI is InChI=1S/C46H45N5O4/c1-45(2,3)50(44(52)53)42-29-41-40(30-47-42)43(49(31-33-21-25-38(54-4)26-22-33)32-34-23-27-39(55-5)28-24-34)48-51(41)46(35-15-9-6-10-16-35,36-17-11-7-12-18-36)37-19-13-8-14-20-37/h6-30H,31-32H2,1-5H3,(H,52,53). The van der Waals surface area contributed by atoms with E-state index in [0.29, 0.717) is 24.7 Å². The zero-order valence-corrected chi connectivity index (χ0v) is 31.8. The SMILES string of the molecule is COc1ccc(CN(Cc2ccc(OC)cc2)c2nn(C(c3ccccc3)(c3ccccc3)c3ccccc3)c3cc(N(C(=O)O)C(C)(C)C)ncc23)cc1. The second-order valence-corrected chi connectivity index (χ2v) is 14.4. The van der Waals surface area contributed by atoms with Crippen molar-refractivity contribution in [2.24, 2.45) is 0 Å². The minimum Gasteiger partial charge on any atom is -0.497 e. The van der Waals surface area contributed by atoms with Crippen molar-refractivity contribution < 1.29 is 19.4 Å². The predicted molar refractivity (Wildman–Crippen MR) is 218 cm³/mol. The number of carbonyl (C=O) groups is 1. The maximum atomic E-state index is 12.9. The smallest absolute Gasteiger partial charge is 0.413 e. The van der Waals surface area contributed by atoms with Crippen molar-refractivity contribution in [1.82, 2.24) is 14.8 Å². The number of benzene rings is 5.